The van der Waals surface area contributed by atoms with Crippen LogP contribution in [0.3, 0.4) is 0 Å². The summed E-state index contributed by atoms with van der Waals surface area (Å²) in [5.74, 6) is -2.64. The lowest BCUT2D eigenvalue weighted by Gasteiger charge is -2.41. The molecule has 0 amide bonds. The van der Waals surface area contributed by atoms with Crippen LogP contribution >= 0.6 is 0 Å². The van der Waals surface area contributed by atoms with E-state index < -0.39 is 150 Å². The van der Waals surface area contributed by atoms with Crippen LogP contribution in [0.1, 0.15) is 0 Å². The molecule has 0 aliphatic carbocycles. The van der Waals surface area contributed by atoms with Crippen LogP contribution < -0.4 is 0 Å². The fourth-order valence-corrected chi connectivity index (χ4v) is 5.08. The van der Waals surface area contributed by atoms with E-state index >= 15 is 0 Å². The minimum absolute atomic E-state index is 0.725. The standard InChI is InChI=1S/C24H44O21/c25-1-7(29)20(12(31)8(30)4-40-22-18(37)16(35)13(32)9(2-26)42-22)45-24(6-28)21(39)15(34)11(44-24)5-41-23-19(38)17(36)14(33)10(3-27)43-23/h7-23,25-39H,1-6H2/t7?,8-,9?,10?,11-,12-,13+,14+,15+,16+,17+,18?,19?,20-,21?,22-,23-,24+/m1/s1. The van der Waals surface area contributed by atoms with Crippen molar-refractivity contribution in [2.45, 2.75) is 110 Å². The number of aliphatic hydroxyl groups excluding tert-OH is 15. The molecule has 3 aliphatic rings. The highest BCUT2D eigenvalue weighted by Crippen LogP contribution is 2.36. The predicted octanol–water partition coefficient (Wildman–Crippen LogP) is -10.1. The third kappa shape index (κ3) is 8.25. The summed E-state index contributed by atoms with van der Waals surface area (Å²) in [6, 6.07) is 0. The number of hydrogen-bond acceptors (Lipinski definition) is 21. The van der Waals surface area contributed by atoms with E-state index in [4.69, 9.17) is 28.4 Å². The molecule has 0 aromatic rings. The molecular weight excluding hydrogens is 624 g/mol. The zero-order valence-electron chi connectivity index (χ0n) is 23.7. The number of rotatable bonds is 15. The normalized spacial score (nSPS) is 45.3. The monoisotopic (exact) mass is 668 g/mol. The first-order valence-electron chi connectivity index (χ1n) is 14.0. The van der Waals surface area contributed by atoms with Gasteiger partial charge >= 0.3 is 0 Å². The second kappa shape index (κ2) is 16.5. The van der Waals surface area contributed by atoms with Crippen LogP contribution in [-0.2, 0) is 28.4 Å². The van der Waals surface area contributed by atoms with E-state index in [1.807, 2.05) is 0 Å². The van der Waals surface area contributed by atoms with Crippen molar-refractivity contribution in [1.29, 1.82) is 0 Å². The van der Waals surface area contributed by atoms with Gasteiger partial charge in [-0.15, -0.1) is 0 Å². The quantitative estimate of drug-likeness (QED) is 0.0770. The molecule has 3 rings (SSSR count). The molecule has 45 heavy (non-hydrogen) atoms. The van der Waals surface area contributed by atoms with E-state index in [9.17, 15) is 76.6 Å². The van der Waals surface area contributed by atoms with E-state index in [2.05, 4.69) is 0 Å². The van der Waals surface area contributed by atoms with Crippen LogP contribution in [-0.4, -0.2) is 226 Å². The Bertz CT molecular complexity index is 884. The lowest BCUT2D eigenvalue weighted by atomic mass is 9.99. The molecule has 0 radical (unpaired) electrons. The first kappa shape index (κ1) is 38.6. The topological polar surface area (TPSA) is 359 Å². The summed E-state index contributed by atoms with van der Waals surface area (Å²) in [6.45, 7) is -5.52. The second-order valence-corrected chi connectivity index (χ2v) is 11.0. The third-order valence-electron chi connectivity index (χ3n) is 7.91. The lowest BCUT2D eigenvalue weighted by molar-refractivity contribution is -0.333. The lowest BCUT2D eigenvalue weighted by Crippen LogP contribution is -2.60. The summed E-state index contributed by atoms with van der Waals surface area (Å²) in [6.07, 6.45) is -30.7. The number of ether oxygens (including phenoxy) is 6. The molecule has 3 saturated heterocycles. The molecule has 6 unspecified atom stereocenters. The van der Waals surface area contributed by atoms with Crippen LogP contribution in [0.15, 0.2) is 0 Å². The highest BCUT2D eigenvalue weighted by Gasteiger charge is 2.58. The minimum atomic E-state index is -2.64. The Kier molecular flexibility index (Phi) is 14.2. The molecule has 21 heteroatoms. The largest absolute Gasteiger partial charge is 0.394 e. The molecule has 3 aliphatic heterocycles. The maximum absolute atomic E-state index is 10.8. The van der Waals surface area contributed by atoms with Crippen LogP contribution in [0.4, 0.5) is 0 Å². The van der Waals surface area contributed by atoms with Gasteiger partial charge in [0.15, 0.2) is 12.6 Å². The molecule has 0 spiro atoms. The molecule has 0 aromatic carbocycles. The zero-order valence-corrected chi connectivity index (χ0v) is 23.7. The van der Waals surface area contributed by atoms with Gasteiger partial charge in [0.2, 0.25) is 5.79 Å². The molecule has 21 nitrogen and oxygen atoms in total. The Morgan fingerprint density at radius 1 is 0.600 bits per heavy atom. The van der Waals surface area contributed by atoms with Gasteiger partial charge in [-0.05, 0) is 0 Å². The molecule has 15 N–H and O–H groups in total. The molecule has 0 saturated carbocycles. The number of hydrogen-bond donors (Lipinski definition) is 15. The van der Waals surface area contributed by atoms with Gasteiger partial charge in [0, 0.05) is 0 Å². The zero-order chi connectivity index (χ0) is 33.8. The molecule has 266 valence electrons. The van der Waals surface area contributed by atoms with E-state index in [0.717, 1.165) is 0 Å². The molecular formula is C24H44O21. The van der Waals surface area contributed by atoms with Gasteiger partial charge in [-0.1, -0.05) is 0 Å². The van der Waals surface area contributed by atoms with Crippen molar-refractivity contribution >= 4 is 0 Å². The minimum Gasteiger partial charge on any atom is -0.394 e. The van der Waals surface area contributed by atoms with Gasteiger partial charge in [0.1, 0.15) is 98.2 Å². The Morgan fingerprint density at radius 2 is 1.11 bits per heavy atom. The summed E-state index contributed by atoms with van der Waals surface area (Å²) in [7, 11) is 0. The van der Waals surface area contributed by atoms with Crippen molar-refractivity contribution in [3.05, 3.63) is 0 Å². The smallest absolute Gasteiger partial charge is 0.222 e. The van der Waals surface area contributed by atoms with Crippen molar-refractivity contribution in [3.63, 3.8) is 0 Å². The van der Waals surface area contributed by atoms with Crippen LogP contribution in [0.25, 0.3) is 0 Å². The second-order valence-electron chi connectivity index (χ2n) is 11.0. The van der Waals surface area contributed by atoms with E-state index in [1.54, 1.807) is 0 Å². The van der Waals surface area contributed by atoms with Crippen molar-refractivity contribution < 1.29 is 105 Å². The summed E-state index contributed by atoms with van der Waals surface area (Å²) in [5, 5.41) is 151. The molecule has 0 bridgehead atoms. The SMILES string of the molecule is OCC(O)[C@@H](O[C@]1(CO)O[C@H](CO[C@@H]2OC(CO)[C@H](O)[C@H](O)C2O)[C@H](O)C1O)[C@H](O)[C@H](O)CO[C@@H]1OC(CO)[C@H](O)[C@H](O)C1O. The predicted molar refractivity (Wildman–Crippen MR) is 136 cm³/mol. The third-order valence-corrected chi connectivity index (χ3v) is 7.91. The highest BCUT2D eigenvalue weighted by atomic mass is 16.8. The molecule has 3 fully saturated rings. The van der Waals surface area contributed by atoms with Gasteiger partial charge < -0.3 is 105 Å². The molecule has 3 heterocycles. The van der Waals surface area contributed by atoms with Crippen LogP contribution in [0.2, 0.25) is 0 Å². The van der Waals surface area contributed by atoms with E-state index in [-0.39, 0.29) is 0 Å². The van der Waals surface area contributed by atoms with Crippen molar-refractivity contribution in [2.75, 3.05) is 39.6 Å². The fraction of sp³-hybridized carbons (Fsp3) is 1.00. The maximum Gasteiger partial charge on any atom is 0.222 e. The first-order chi connectivity index (χ1) is 21.2. The first-order valence-corrected chi connectivity index (χ1v) is 14.0. The van der Waals surface area contributed by atoms with Gasteiger partial charge in [0.25, 0.3) is 0 Å². The van der Waals surface area contributed by atoms with Crippen molar-refractivity contribution in [2.24, 2.45) is 0 Å². The fourth-order valence-electron chi connectivity index (χ4n) is 5.08. The van der Waals surface area contributed by atoms with Crippen molar-refractivity contribution in [3.8, 4) is 0 Å². The van der Waals surface area contributed by atoms with Gasteiger partial charge in [-0.3, -0.25) is 0 Å². The summed E-state index contributed by atoms with van der Waals surface area (Å²) >= 11 is 0. The number of aliphatic hydroxyl groups is 15. The Balaban J connectivity index is 1.68. The van der Waals surface area contributed by atoms with Gasteiger partial charge in [0.05, 0.1) is 33.0 Å². The summed E-state index contributed by atoms with van der Waals surface area (Å²) in [4.78, 5) is 0. The van der Waals surface area contributed by atoms with Crippen LogP contribution in [0.5, 0.6) is 0 Å². The van der Waals surface area contributed by atoms with Crippen molar-refractivity contribution in [1.82, 2.24) is 0 Å². The average molecular weight is 669 g/mol. The average Bonchev–Trinajstić information content (AvgIpc) is 3.28. The maximum atomic E-state index is 10.8. The van der Waals surface area contributed by atoms with Gasteiger partial charge in [-0.25, -0.2) is 0 Å². The Hall–Kier alpha value is -0.840. The molecule has 0 aromatic heterocycles. The summed E-state index contributed by atoms with van der Waals surface area (Å²) in [5.41, 5.74) is 0. The van der Waals surface area contributed by atoms with Gasteiger partial charge in [-0.2, -0.15) is 0 Å². The Labute approximate surface area is 255 Å². The van der Waals surface area contributed by atoms with E-state index in [1.165, 1.54) is 0 Å². The molecule has 18 atom stereocenters. The highest BCUT2D eigenvalue weighted by molar-refractivity contribution is 4.99. The summed E-state index contributed by atoms with van der Waals surface area (Å²) < 4.78 is 31.7. The van der Waals surface area contributed by atoms with E-state index in [0.29, 0.717) is 0 Å². The van der Waals surface area contributed by atoms with Crippen LogP contribution in [0, 0.1) is 0 Å². The Morgan fingerprint density at radius 3 is 1.58 bits per heavy atom.